The SMILES string of the molecule is CCn1c(C(C)N(CC(C)C)C(=O)C2CCCC2)nc2ccccc2c1=O. The van der Waals surface area contributed by atoms with E-state index in [1.54, 1.807) is 4.57 Å². The van der Waals surface area contributed by atoms with Crippen molar-refractivity contribution in [1.82, 2.24) is 14.5 Å². The summed E-state index contributed by atoms with van der Waals surface area (Å²) < 4.78 is 1.72. The van der Waals surface area contributed by atoms with Gasteiger partial charge in [-0.05, 0) is 44.7 Å². The average molecular weight is 370 g/mol. The zero-order chi connectivity index (χ0) is 19.6. The van der Waals surface area contributed by atoms with Gasteiger partial charge in [0.05, 0.1) is 16.9 Å². The van der Waals surface area contributed by atoms with Crippen molar-refractivity contribution in [3.63, 3.8) is 0 Å². The zero-order valence-corrected chi connectivity index (χ0v) is 16.9. The van der Waals surface area contributed by atoms with Gasteiger partial charge >= 0.3 is 0 Å². The molecule has 0 N–H and O–H groups in total. The third-order valence-corrected chi connectivity index (χ3v) is 5.60. The molecule has 1 aliphatic rings. The molecule has 1 atom stereocenters. The van der Waals surface area contributed by atoms with E-state index in [1.165, 1.54) is 0 Å². The van der Waals surface area contributed by atoms with Gasteiger partial charge in [-0.3, -0.25) is 14.2 Å². The summed E-state index contributed by atoms with van der Waals surface area (Å²) in [5.41, 5.74) is 0.676. The van der Waals surface area contributed by atoms with E-state index >= 15 is 0 Å². The number of amides is 1. The minimum Gasteiger partial charge on any atom is -0.332 e. The molecule has 146 valence electrons. The monoisotopic (exact) mass is 369 g/mol. The van der Waals surface area contributed by atoms with Crippen LogP contribution in [0.4, 0.5) is 0 Å². The van der Waals surface area contributed by atoms with E-state index in [0.29, 0.717) is 35.7 Å². The van der Waals surface area contributed by atoms with Crippen LogP contribution in [0.1, 0.15) is 65.2 Å². The smallest absolute Gasteiger partial charge is 0.261 e. The molecular weight excluding hydrogens is 338 g/mol. The van der Waals surface area contributed by atoms with Crippen LogP contribution in [0.15, 0.2) is 29.1 Å². The second-order valence-corrected chi connectivity index (χ2v) is 8.08. The summed E-state index contributed by atoms with van der Waals surface area (Å²) in [5, 5.41) is 0.632. The molecule has 1 aromatic carbocycles. The lowest BCUT2D eigenvalue weighted by molar-refractivity contribution is -0.138. The molecule has 1 amide bonds. The Hall–Kier alpha value is -2.17. The highest BCUT2D eigenvalue weighted by atomic mass is 16.2. The highest BCUT2D eigenvalue weighted by molar-refractivity contribution is 5.80. The number of para-hydroxylation sites is 1. The van der Waals surface area contributed by atoms with Gasteiger partial charge in [-0.15, -0.1) is 0 Å². The predicted molar refractivity (Wildman–Crippen MR) is 109 cm³/mol. The molecule has 0 bridgehead atoms. The highest BCUT2D eigenvalue weighted by Gasteiger charge is 2.32. The molecule has 5 nitrogen and oxygen atoms in total. The Morgan fingerprint density at radius 1 is 1.22 bits per heavy atom. The van der Waals surface area contributed by atoms with Gasteiger partial charge in [0.25, 0.3) is 5.56 Å². The Kier molecular flexibility index (Phi) is 5.98. The fraction of sp³-hybridized carbons (Fsp3) is 0.591. The Labute approximate surface area is 161 Å². The molecule has 1 fully saturated rings. The van der Waals surface area contributed by atoms with Gasteiger partial charge in [-0.25, -0.2) is 4.98 Å². The van der Waals surface area contributed by atoms with E-state index in [-0.39, 0.29) is 23.4 Å². The summed E-state index contributed by atoms with van der Waals surface area (Å²) in [6.07, 6.45) is 4.22. The molecule has 0 radical (unpaired) electrons. The van der Waals surface area contributed by atoms with E-state index in [9.17, 15) is 9.59 Å². The van der Waals surface area contributed by atoms with Crippen molar-refractivity contribution in [2.75, 3.05) is 6.54 Å². The Bertz CT molecular complexity index is 865. The van der Waals surface area contributed by atoms with Gasteiger partial charge in [0.1, 0.15) is 5.82 Å². The zero-order valence-electron chi connectivity index (χ0n) is 16.9. The molecule has 2 aromatic rings. The minimum absolute atomic E-state index is 0.0252. The Morgan fingerprint density at radius 2 is 1.89 bits per heavy atom. The number of carbonyl (C=O) groups is 1. The number of carbonyl (C=O) groups excluding carboxylic acids is 1. The maximum Gasteiger partial charge on any atom is 0.261 e. The molecule has 1 saturated carbocycles. The number of aromatic nitrogens is 2. The van der Waals surface area contributed by atoms with E-state index in [4.69, 9.17) is 4.98 Å². The maximum atomic E-state index is 13.3. The molecular formula is C22H31N3O2. The fourth-order valence-corrected chi connectivity index (χ4v) is 4.19. The summed E-state index contributed by atoms with van der Waals surface area (Å²) in [6, 6.07) is 7.23. The first-order valence-electron chi connectivity index (χ1n) is 10.2. The van der Waals surface area contributed by atoms with E-state index < -0.39 is 0 Å². The third-order valence-electron chi connectivity index (χ3n) is 5.60. The van der Waals surface area contributed by atoms with Crippen LogP contribution in [0.2, 0.25) is 0 Å². The van der Waals surface area contributed by atoms with Crippen LogP contribution in [-0.4, -0.2) is 26.9 Å². The number of nitrogens with zero attached hydrogens (tertiary/aromatic N) is 3. The lowest BCUT2D eigenvalue weighted by atomic mass is 10.0. The van der Waals surface area contributed by atoms with Crippen LogP contribution in [0.3, 0.4) is 0 Å². The first kappa shape index (κ1) is 19.6. The lowest BCUT2D eigenvalue weighted by Crippen LogP contribution is -2.42. The predicted octanol–water partition coefficient (Wildman–Crippen LogP) is 4.15. The van der Waals surface area contributed by atoms with Gasteiger partial charge in [0.15, 0.2) is 0 Å². The first-order valence-corrected chi connectivity index (χ1v) is 10.2. The Morgan fingerprint density at radius 3 is 2.52 bits per heavy atom. The topological polar surface area (TPSA) is 55.2 Å². The second kappa shape index (κ2) is 8.24. The molecule has 5 heteroatoms. The van der Waals surface area contributed by atoms with Crippen molar-refractivity contribution in [3.8, 4) is 0 Å². The number of hydrogen-bond acceptors (Lipinski definition) is 3. The van der Waals surface area contributed by atoms with Crippen LogP contribution in [-0.2, 0) is 11.3 Å². The lowest BCUT2D eigenvalue weighted by Gasteiger charge is -2.33. The van der Waals surface area contributed by atoms with Crippen molar-refractivity contribution in [2.24, 2.45) is 11.8 Å². The number of fused-ring (bicyclic) bond motifs is 1. The second-order valence-electron chi connectivity index (χ2n) is 8.08. The van der Waals surface area contributed by atoms with Gasteiger partial charge in [0, 0.05) is 19.0 Å². The molecule has 1 unspecified atom stereocenters. The maximum absolute atomic E-state index is 13.3. The number of hydrogen-bond donors (Lipinski definition) is 0. The van der Waals surface area contributed by atoms with Crippen molar-refractivity contribution < 1.29 is 4.79 Å². The molecule has 0 spiro atoms. The van der Waals surface area contributed by atoms with Gasteiger partial charge in [0.2, 0.25) is 5.91 Å². The minimum atomic E-state index is -0.224. The molecule has 0 saturated heterocycles. The van der Waals surface area contributed by atoms with Gasteiger partial charge in [-0.1, -0.05) is 38.8 Å². The standard InChI is InChI=1S/C22H31N3O2/c1-5-24-20(23-19-13-9-8-12-18(19)22(24)27)16(4)25(14-15(2)3)21(26)17-10-6-7-11-17/h8-9,12-13,15-17H,5-7,10-11,14H2,1-4H3. The summed E-state index contributed by atoms with van der Waals surface area (Å²) in [5.74, 6) is 1.39. The molecule has 1 heterocycles. The van der Waals surface area contributed by atoms with Gasteiger partial charge in [-0.2, -0.15) is 0 Å². The molecule has 3 rings (SSSR count). The summed E-state index contributed by atoms with van der Waals surface area (Å²) in [7, 11) is 0. The molecule has 27 heavy (non-hydrogen) atoms. The van der Waals surface area contributed by atoms with Gasteiger partial charge < -0.3 is 4.90 Å². The third kappa shape index (κ3) is 3.92. The van der Waals surface area contributed by atoms with Crippen LogP contribution in [0, 0.1) is 11.8 Å². The quantitative estimate of drug-likeness (QED) is 0.768. The summed E-state index contributed by atoms with van der Waals surface area (Å²) in [4.78, 5) is 33.0. The van der Waals surface area contributed by atoms with Crippen molar-refractivity contribution in [3.05, 3.63) is 40.4 Å². The number of benzene rings is 1. The van der Waals surface area contributed by atoms with Crippen LogP contribution in [0.25, 0.3) is 10.9 Å². The van der Waals surface area contributed by atoms with Crippen LogP contribution < -0.4 is 5.56 Å². The van der Waals surface area contributed by atoms with E-state index in [1.807, 2.05) is 43.0 Å². The number of rotatable bonds is 6. The van der Waals surface area contributed by atoms with Crippen molar-refractivity contribution >= 4 is 16.8 Å². The fourth-order valence-electron chi connectivity index (χ4n) is 4.19. The first-order chi connectivity index (χ1) is 12.9. The van der Waals surface area contributed by atoms with E-state index in [0.717, 1.165) is 25.7 Å². The Balaban J connectivity index is 2.05. The summed E-state index contributed by atoms with van der Waals surface area (Å²) in [6.45, 7) is 9.45. The van der Waals surface area contributed by atoms with Crippen LogP contribution >= 0.6 is 0 Å². The van der Waals surface area contributed by atoms with Crippen molar-refractivity contribution in [2.45, 2.75) is 66.0 Å². The largest absolute Gasteiger partial charge is 0.332 e. The van der Waals surface area contributed by atoms with Crippen molar-refractivity contribution in [1.29, 1.82) is 0 Å². The molecule has 0 aliphatic heterocycles. The van der Waals surface area contributed by atoms with Crippen LogP contribution in [0.5, 0.6) is 0 Å². The summed E-state index contributed by atoms with van der Waals surface area (Å²) >= 11 is 0. The molecule has 1 aromatic heterocycles. The normalized spacial score (nSPS) is 16.2. The average Bonchev–Trinajstić information content (AvgIpc) is 3.19. The highest BCUT2D eigenvalue weighted by Crippen LogP contribution is 2.30. The molecule has 1 aliphatic carbocycles. The van der Waals surface area contributed by atoms with E-state index in [2.05, 4.69) is 13.8 Å².